The van der Waals surface area contributed by atoms with Gasteiger partial charge in [0.05, 0.1) is 10.6 Å². The van der Waals surface area contributed by atoms with E-state index in [1.165, 1.54) is 63.1 Å². The number of aliphatic carboxylic acids is 1. The molecule has 0 spiro atoms. The fraction of sp³-hybridized carbons (Fsp3) is 0.536. The summed E-state index contributed by atoms with van der Waals surface area (Å²) in [6.07, 6.45) is 11.4. The van der Waals surface area contributed by atoms with Crippen molar-refractivity contribution in [3.8, 4) is 22.6 Å². The standard InChI is InChI=1S/C28H40O6S/c1-3-5-6-7-8-9-10-11-12-13-14-27(28(30)31)34-23-17-15-22(16-18-23)25-21-24(19-20-26(25)29)35(32,33)4-2/h15-21,27,29H,3-14H2,1-2H3,(H,30,31). The summed E-state index contributed by atoms with van der Waals surface area (Å²) < 4.78 is 30.1. The zero-order valence-electron chi connectivity index (χ0n) is 21.0. The highest BCUT2D eigenvalue weighted by Crippen LogP contribution is 2.33. The highest BCUT2D eigenvalue weighted by molar-refractivity contribution is 7.91. The number of aromatic hydroxyl groups is 1. The van der Waals surface area contributed by atoms with Crippen LogP contribution in [0.4, 0.5) is 0 Å². The number of sulfone groups is 1. The maximum Gasteiger partial charge on any atom is 0.344 e. The van der Waals surface area contributed by atoms with Crippen molar-refractivity contribution in [2.24, 2.45) is 0 Å². The van der Waals surface area contributed by atoms with Gasteiger partial charge in [-0.15, -0.1) is 0 Å². The largest absolute Gasteiger partial charge is 0.507 e. The van der Waals surface area contributed by atoms with Gasteiger partial charge in [0, 0.05) is 5.56 Å². The summed E-state index contributed by atoms with van der Waals surface area (Å²) in [6, 6.07) is 10.9. The molecule has 7 heteroatoms. The minimum absolute atomic E-state index is 0.0282. The smallest absolute Gasteiger partial charge is 0.344 e. The van der Waals surface area contributed by atoms with Crippen LogP contribution >= 0.6 is 0 Å². The average molecular weight is 505 g/mol. The third-order valence-corrected chi connectivity index (χ3v) is 7.98. The predicted octanol–water partition coefficient (Wildman–Crippen LogP) is 7.00. The highest BCUT2D eigenvalue weighted by atomic mass is 32.2. The summed E-state index contributed by atoms with van der Waals surface area (Å²) in [7, 11) is -3.40. The molecule has 0 amide bonds. The number of phenols is 1. The van der Waals surface area contributed by atoms with Gasteiger partial charge in [0.15, 0.2) is 15.9 Å². The van der Waals surface area contributed by atoms with E-state index < -0.39 is 21.9 Å². The van der Waals surface area contributed by atoms with Gasteiger partial charge in [-0.1, -0.05) is 83.8 Å². The number of hydrogen-bond acceptors (Lipinski definition) is 5. The van der Waals surface area contributed by atoms with Crippen molar-refractivity contribution in [3.05, 3.63) is 42.5 Å². The zero-order chi connectivity index (χ0) is 25.7. The third kappa shape index (κ3) is 9.55. The molecular formula is C28H40O6S. The Hall–Kier alpha value is -2.54. The molecule has 1 atom stereocenters. The molecule has 1 unspecified atom stereocenters. The van der Waals surface area contributed by atoms with Gasteiger partial charge in [0.1, 0.15) is 11.5 Å². The topological polar surface area (TPSA) is 101 Å². The zero-order valence-corrected chi connectivity index (χ0v) is 21.9. The van der Waals surface area contributed by atoms with E-state index in [4.69, 9.17) is 4.74 Å². The van der Waals surface area contributed by atoms with E-state index in [0.717, 1.165) is 19.3 Å². The first kappa shape index (κ1) is 28.7. The minimum Gasteiger partial charge on any atom is -0.507 e. The van der Waals surface area contributed by atoms with E-state index in [1.807, 2.05) is 0 Å². The minimum atomic E-state index is -3.40. The van der Waals surface area contributed by atoms with E-state index in [-0.39, 0.29) is 16.4 Å². The van der Waals surface area contributed by atoms with Crippen molar-refractivity contribution in [1.82, 2.24) is 0 Å². The molecule has 2 aromatic rings. The molecule has 0 radical (unpaired) electrons. The second-order valence-corrected chi connectivity index (χ2v) is 11.3. The lowest BCUT2D eigenvalue weighted by Gasteiger charge is -2.16. The lowest BCUT2D eigenvalue weighted by Crippen LogP contribution is -2.26. The Labute approximate surface area is 210 Å². The van der Waals surface area contributed by atoms with Gasteiger partial charge in [-0.2, -0.15) is 0 Å². The molecule has 2 rings (SSSR count). The van der Waals surface area contributed by atoms with Crippen molar-refractivity contribution in [3.63, 3.8) is 0 Å². The fourth-order valence-electron chi connectivity index (χ4n) is 4.03. The Kier molecular flexibility index (Phi) is 12.1. The number of benzene rings is 2. The van der Waals surface area contributed by atoms with Gasteiger partial charge >= 0.3 is 5.97 Å². The van der Waals surface area contributed by atoms with Crippen molar-refractivity contribution < 1.29 is 28.2 Å². The van der Waals surface area contributed by atoms with Crippen molar-refractivity contribution in [2.75, 3.05) is 5.75 Å². The molecule has 0 aliphatic rings. The first-order valence-electron chi connectivity index (χ1n) is 12.8. The molecule has 35 heavy (non-hydrogen) atoms. The first-order valence-corrected chi connectivity index (χ1v) is 14.5. The molecule has 0 fully saturated rings. The number of phenolic OH excluding ortho intramolecular Hbond substituents is 1. The molecule has 0 aliphatic carbocycles. The van der Waals surface area contributed by atoms with Gasteiger partial charge < -0.3 is 14.9 Å². The Morgan fingerprint density at radius 3 is 1.97 bits per heavy atom. The van der Waals surface area contributed by atoms with Crippen LogP contribution in [0.5, 0.6) is 11.5 Å². The van der Waals surface area contributed by atoms with Crippen molar-refractivity contribution in [1.29, 1.82) is 0 Å². The molecule has 0 saturated carbocycles. The van der Waals surface area contributed by atoms with E-state index in [9.17, 15) is 23.4 Å². The van der Waals surface area contributed by atoms with Gasteiger partial charge in [-0.05, 0) is 48.7 Å². The molecule has 2 N–H and O–H groups in total. The molecule has 0 aliphatic heterocycles. The highest BCUT2D eigenvalue weighted by Gasteiger charge is 2.19. The van der Waals surface area contributed by atoms with Crippen LogP contribution < -0.4 is 4.74 Å². The number of ether oxygens (including phenoxy) is 1. The van der Waals surface area contributed by atoms with Crippen LogP contribution in [0.1, 0.15) is 84.5 Å². The number of carboxylic acids is 1. The van der Waals surface area contributed by atoms with Crippen LogP contribution in [0.2, 0.25) is 0 Å². The summed E-state index contributed by atoms with van der Waals surface area (Å²) in [5, 5.41) is 19.8. The van der Waals surface area contributed by atoms with Gasteiger partial charge in [0.2, 0.25) is 0 Å². The summed E-state index contributed by atoms with van der Waals surface area (Å²) in [4.78, 5) is 11.8. The Bertz CT molecular complexity index is 1010. The van der Waals surface area contributed by atoms with E-state index >= 15 is 0 Å². The Balaban J connectivity index is 1.87. The monoisotopic (exact) mass is 504 g/mol. The molecule has 0 saturated heterocycles. The van der Waals surface area contributed by atoms with E-state index in [0.29, 0.717) is 23.3 Å². The van der Waals surface area contributed by atoms with Crippen LogP contribution in [-0.2, 0) is 14.6 Å². The SMILES string of the molecule is CCCCCCCCCCCCC(Oc1ccc(-c2cc(S(=O)(=O)CC)ccc2O)cc1)C(=O)O. The summed E-state index contributed by atoms with van der Waals surface area (Å²) >= 11 is 0. The Morgan fingerprint density at radius 1 is 0.857 bits per heavy atom. The number of carboxylic acid groups (broad SMARTS) is 1. The van der Waals surface area contributed by atoms with Crippen LogP contribution in [0.25, 0.3) is 11.1 Å². The maximum atomic E-state index is 12.2. The fourth-order valence-corrected chi connectivity index (χ4v) is 4.94. The molecule has 194 valence electrons. The van der Waals surface area contributed by atoms with Crippen LogP contribution in [0.15, 0.2) is 47.4 Å². The number of carbonyl (C=O) groups is 1. The molecule has 0 heterocycles. The van der Waals surface area contributed by atoms with Crippen LogP contribution in [0, 0.1) is 0 Å². The average Bonchev–Trinajstić information content (AvgIpc) is 2.85. The molecular weight excluding hydrogens is 464 g/mol. The molecule has 0 bridgehead atoms. The van der Waals surface area contributed by atoms with Gasteiger partial charge in [-0.3, -0.25) is 0 Å². The lowest BCUT2D eigenvalue weighted by atomic mass is 10.0. The second kappa shape index (κ2) is 14.8. The van der Waals surface area contributed by atoms with Gasteiger partial charge in [-0.25, -0.2) is 13.2 Å². The van der Waals surface area contributed by atoms with Crippen molar-refractivity contribution in [2.45, 2.75) is 95.5 Å². The number of unbranched alkanes of at least 4 members (excludes halogenated alkanes) is 9. The van der Waals surface area contributed by atoms with Gasteiger partial charge in [0.25, 0.3) is 0 Å². The predicted molar refractivity (Wildman–Crippen MR) is 140 cm³/mol. The van der Waals surface area contributed by atoms with Crippen molar-refractivity contribution >= 4 is 15.8 Å². The quantitative estimate of drug-likeness (QED) is 0.225. The van der Waals surface area contributed by atoms with E-state index in [1.54, 1.807) is 31.2 Å². The second-order valence-electron chi connectivity index (χ2n) is 9.02. The lowest BCUT2D eigenvalue weighted by molar-refractivity contribution is -0.145. The molecule has 2 aromatic carbocycles. The number of rotatable bonds is 17. The first-order chi connectivity index (χ1) is 16.8. The molecule has 0 aromatic heterocycles. The van der Waals surface area contributed by atoms with Crippen LogP contribution in [-0.4, -0.2) is 36.5 Å². The summed E-state index contributed by atoms with van der Waals surface area (Å²) in [5.74, 6) is -0.622. The van der Waals surface area contributed by atoms with Crippen LogP contribution in [0.3, 0.4) is 0 Å². The summed E-state index contributed by atoms with van der Waals surface area (Å²) in [5.41, 5.74) is 1.01. The maximum absolute atomic E-state index is 12.2. The number of hydrogen-bond donors (Lipinski definition) is 2. The summed E-state index contributed by atoms with van der Waals surface area (Å²) in [6.45, 7) is 3.79. The normalized spacial score (nSPS) is 12.4. The Morgan fingerprint density at radius 2 is 1.43 bits per heavy atom. The molecule has 6 nitrogen and oxygen atoms in total. The van der Waals surface area contributed by atoms with E-state index in [2.05, 4.69) is 6.92 Å². The third-order valence-electron chi connectivity index (χ3n) is 6.25.